The number of nitrogens with zero attached hydrogens (tertiary/aromatic N) is 1. The van der Waals surface area contributed by atoms with E-state index in [1.54, 1.807) is 0 Å². The summed E-state index contributed by atoms with van der Waals surface area (Å²) in [4.78, 5) is 7.66. The zero-order valence-electron chi connectivity index (χ0n) is 24.2. The molecule has 204 valence electrons. The van der Waals surface area contributed by atoms with Crippen molar-refractivity contribution in [3.05, 3.63) is 151 Å². The molecule has 0 aliphatic heterocycles. The van der Waals surface area contributed by atoms with E-state index < -0.39 is 0 Å². The molecule has 0 saturated carbocycles. The Hall–Kier alpha value is -5.47. The van der Waals surface area contributed by atoms with Gasteiger partial charge in [0.05, 0.1) is 0 Å². The van der Waals surface area contributed by atoms with E-state index in [1.165, 1.54) is 88.0 Å². The molecular formula is C41H30N2. The highest BCUT2D eigenvalue weighted by atomic mass is 14.6. The van der Waals surface area contributed by atoms with Gasteiger partial charge in [-0.25, -0.2) is 0 Å². The van der Waals surface area contributed by atoms with Gasteiger partial charge in [0, 0.05) is 35.9 Å². The van der Waals surface area contributed by atoms with Crippen LogP contribution in [0.4, 0.5) is 0 Å². The molecule has 0 aliphatic carbocycles. The summed E-state index contributed by atoms with van der Waals surface area (Å²) in [6.07, 6.45) is 7.99. The lowest BCUT2D eigenvalue weighted by Gasteiger charge is -2.20. The van der Waals surface area contributed by atoms with Crippen molar-refractivity contribution in [1.29, 1.82) is 0 Å². The number of hydrogen-bond acceptors (Lipinski definition) is 1. The molecule has 0 atom stereocenters. The van der Waals surface area contributed by atoms with Crippen molar-refractivity contribution in [2.45, 2.75) is 13.8 Å². The van der Waals surface area contributed by atoms with Gasteiger partial charge in [0.15, 0.2) is 0 Å². The first-order valence-electron chi connectivity index (χ1n) is 14.8. The number of aromatic nitrogens is 2. The Labute approximate surface area is 251 Å². The third kappa shape index (κ3) is 4.06. The maximum Gasteiger partial charge on any atom is 0.0349 e. The van der Waals surface area contributed by atoms with Crippen molar-refractivity contribution in [3.8, 4) is 44.5 Å². The Morgan fingerprint density at radius 3 is 1.53 bits per heavy atom. The van der Waals surface area contributed by atoms with Crippen molar-refractivity contribution in [2.75, 3.05) is 0 Å². The van der Waals surface area contributed by atoms with Gasteiger partial charge in [0.1, 0.15) is 0 Å². The van der Waals surface area contributed by atoms with E-state index in [1.807, 2.05) is 12.4 Å². The number of aromatic amines is 1. The monoisotopic (exact) mass is 550 g/mol. The smallest absolute Gasteiger partial charge is 0.0349 e. The van der Waals surface area contributed by atoms with Crippen molar-refractivity contribution in [1.82, 2.24) is 9.97 Å². The number of H-pyrrole nitrogens is 1. The quantitative estimate of drug-likeness (QED) is 0.217. The molecule has 2 heterocycles. The summed E-state index contributed by atoms with van der Waals surface area (Å²) < 4.78 is 0. The normalized spacial score (nSPS) is 11.5. The average molecular weight is 551 g/mol. The largest absolute Gasteiger partial charge is 0.367 e. The van der Waals surface area contributed by atoms with Crippen LogP contribution in [-0.4, -0.2) is 9.97 Å². The van der Waals surface area contributed by atoms with Gasteiger partial charge in [-0.05, 0) is 96.7 Å². The van der Waals surface area contributed by atoms with Crippen LogP contribution < -0.4 is 0 Å². The highest BCUT2D eigenvalue weighted by Gasteiger charge is 2.19. The molecule has 6 aromatic carbocycles. The van der Waals surface area contributed by atoms with Crippen molar-refractivity contribution in [2.24, 2.45) is 0 Å². The number of hydrogen-bond donors (Lipinski definition) is 1. The third-order valence-corrected chi connectivity index (χ3v) is 8.89. The minimum atomic E-state index is 1.17. The topological polar surface area (TPSA) is 28.7 Å². The fourth-order valence-corrected chi connectivity index (χ4v) is 6.80. The SMILES string of the molecule is Cc1ccncc1-c1ccc(-c2c3ccccc3c(-c3ccc(-c4c[nH]cc4C)c4ccccc34)c3ccccc23)cc1. The molecule has 2 heteroatoms. The molecule has 2 nitrogen and oxygen atoms in total. The van der Waals surface area contributed by atoms with Crippen LogP contribution >= 0.6 is 0 Å². The van der Waals surface area contributed by atoms with Crippen molar-refractivity contribution >= 4 is 32.3 Å². The highest BCUT2D eigenvalue weighted by Crippen LogP contribution is 2.46. The summed E-state index contributed by atoms with van der Waals surface area (Å²) in [6, 6.07) is 42.3. The number of pyridine rings is 1. The number of nitrogens with one attached hydrogen (secondary N) is 1. The van der Waals surface area contributed by atoms with Gasteiger partial charge in [-0.2, -0.15) is 0 Å². The van der Waals surface area contributed by atoms with Gasteiger partial charge >= 0.3 is 0 Å². The Morgan fingerprint density at radius 1 is 0.419 bits per heavy atom. The third-order valence-electron chi connectivity index (χ3n) is 8.89. The molecule has 0 bridgehead atoms. The molecule has 43 heavy (non-hydrogen) atoms. The van der Waals surface area contributed by atoms with Gasteiger partial charge in [0.25, 0.3) is 0 Å². The summed E-state index contributed by atoms with van der Waals surface area (Å²) in [5.41, 5.74) is 12.4. The van der Waals surface area contributed by atoms with Gasteiger partial charge in [-0.15, -0.1) is 0 Å². The average Bonchev–Trinajstić information content (AvgIpc) is 3.49. The molecule has 0 radical (unpaired) electrons. The second kappa shape index (κ2) is 10.1. The van der Waals surface area contributed by atoms with Gasteiger partial charge in [0.2, 0.25) is 0 Å². The Balaban J connectivity index is 1.40. The lowest BCUT2D eigenvalue weighted by molar-refractivity contribution is 1.29. The summed E-state index contributed by atoms with van der Waals surface area (Å²) in [7, 11) is 0. The van der Waals surface area contributed by atoms with E-state index >= 15 is 0 Å². The lowest BCUT2D eigenvalue weighted by atomic mass is 9.83. The molecule has 0 fully saturated rings. The second-order valence-electron chi connectivity index (χ2n) is 11.4. The first-order valence-corrected chi connectivity index (χ1v) is 14.8. The molecule has 0 aliphatic rings. The number of rotatable bonds is 4. The minimum absolute atomic E-state index is 1.17. The van der Waals surface area contributed by atoms with Gasteiger partial charge in [-0.3, -0.25) is 4.98 Å². The van der Waals surface area contributed by atoms with Crippen LogP contribution in [-0.2, 0) is 0 Å². The van der Waals surface area contributed by atoms with Crippen LogP contribution in [0, 0.1) is 13.8 Å². The van der Waals surface area contributed by atoms with E-state index in [0.717, 1.165) is 0 Å². The number of aryl methyl sites for hydroxylation is 2. The minimum Gasteiger partial charge on any atom is -0.367 e. The van der Waals surface area contributed by atoms with Crippen LogP contribution in [0.2, 0.25) is 0 Å². The fourth-order valence-electron chi connectivity index (χ4n) is 6.80. The zero-order valence-corrected chi connectivity index (χ0v) is 24.2. The van der Waals surface area contributed by atoms with E-state index in [-0.39, 0.29) is 0 Å². The molecule has 8 rings (SSSR count). The van der Waals surface area contributed by atoms with E-state index in [0.29, 0.717) is 0 Å². The zero-order chi connectivity index (χ0) is 28.9. The fraction of sp³-hybridized carbons (Fsp3) is 0.0488. The molecule has 0 spiro atoms. The van der Waals surface area contributed by atoms with E-state index in [9.17, 15) is 0 Å². The summed E-state index contributed by atoms with van der Waals surface area (Å²) in [5, 5.41) is 7.58. The first-order chi connectivity index (χ1) is 21.2. The standard InChI is InChI=1S/C41H30N2/c1-26-21-22-42-24-38(26)28-15-17-29(18-16-28)40-33-11-5-7-13-35(33)41(36-14-8-6-12-34(36)40)37-20-19-32(39-25-43-23-27(39)2)30-9-3-4-10-31(30)37/h3-25,43H,1-2H3. The summed E-state index contributed by atoms with van der Waals surface area (Å²) >= 11 is 0. The van der Waals surface area contributed by atoms with Crippen LogP contribution in [0.15, 0.2) is 140 Å². The van der Waals surface area contributed by atoms with Crippen LogP contribution in [0.25, 0.3) is 76.8 Å². The van der Waals surface area contributed by atoms with Crippen LogP contribution in [0.3, 0.4) is 0 Å². The predicted octanol–water partition coefficient (Wildman–Crippen LogP) is 11.2. The Bertz CT molecular complexity index is 2250. The predicted molar refractivity (Wildman–Crippen MR) is 182 cm³/mol. The lowest BCUT2D eigenvalue weighted by Crippen LogP contribution is -1.92. The molecular weight excluding hydrogens is 520 g/mol. The van der Waals surface area contributed by atoms with Crippen LogP contribution in [0.5, 0.6) is 0 Å². The Morgan fingerprint density at radius 2 is 0.953 bits per heavy atom. The maximum atomic E-state index is 4.37. The van der Waals surface area contributed by atoms with Crippen molar-refractivity contribution in [3.63, 3.8) is 0 Å². The second-order valence-corrected chi connectivity index (χ2v) is 11.4. The van der Waals surface area contributed by atoms with Crippen molar-refractivity contribution < 1.29 is 0 Å². The molecule has 0 unspecified atom stereocenters. The molecule has 2 aromatic heterocycles. The number of benzene rings is 6. The first kappa shape index (κ1) is 25.3. The van der Waals surface area contributed by atoms with E-state index in [4.69, 9.17) is 0 Å². The van der Waals surface area contributed by atoms with E-state index in [2.05, 4.69) is 151 Å². The molecule has 0 amide bonds. The summed E-state index contributed by atoms with van der Waals surface area (Å²) in [6.45, 7) is 4.30. The number of fused-ring (bicyclic) bond motifs is 3. The highest BCUT2D eigenvalue weighted by molar-refractivity contribution is 6.24. The van der Waals surface area contributed by atoms with Gasteiger partial charge < -0.3 is 4.98 Å². The van der Waals surface area contributed by atoms with Gasteiger partial charge in [-0.1, -0.05) is 109 Å². The molecule has 0 saturated heterocycles. The Kier molecular flexibility index (Phi) is 5.94. The molecule has 1 N–H and O–H groups in total. The van der Waals surface area contributed by atoms with Crippen LogP contribution in [0.1, 0.15) is 11.1 Å². The molecule has 8 aromatic rings. The summed E-state index contributed by atoms with van der Waals surface area (Å²) in [5.74, 6) is 0. The maximum absolute atomic E-state index is 4.37.